The number of carbonyl (C=O) groups excluding carboxylic acids is 1. The minimum Gasteiger partial charge on any atom is -0.492 e. The molecule has 0 aliphatic carbocycles. The van der Waals surface area contributed by atoms with Crippen LogP contribution >= 0.6 is 0 Å². The molecule has 1 atom stereocenters. The Kier molecular flexibility index (Phi) is 4.78. The maximum atomic E-state index is 13.1. The lowest BCUT2D eigenvalue weighted by atomic mass is 9.95. The minimum atomic E-state index is -0.216. The normalized spacial score (nSPS) is 20.2. The number of anilines is 1. The molecular weight excluding hydrogens is 331 g/mol. The Bertz CT molecular complexity index is 770. The summed E-state index contributed by atoms with van der Waals surface area (Å²) in [4.78, 5) is 14.9. The maximum absolute atomic E-state index is 13.1. The summed E-state index contributed by atoms with van der Waals surface area (Å²) in [7, 11) is 0. The van der Waals surface area contributed by atoms with Crippen LogP contribution in [0, 0.1) is 11.7 Å². The van der Waals surface area contributed by atoms with Crippen LogP contribution < -0.4 is 15.0 Å². The van der Waals surface area contributed by atoms with E-state index < -0.39 is 0 Å². The number of hydrogen-bond acceptors (Lipinski definition) is 3. The number of benzene rings is 2. The predicted octanol–water partition coefficient (Wildman–Crippen LogP) is 3.16. The summed E-state index contributed by atoms with van der Waals surface area (Å²) < 4.78 is 18.8. The standard InChI is InChI=1S/C21H23FN2O2/c22-17-5-7-19(8-6-17)24-11-9-18(10-12-24)23-21(25)16-13-15-3-1-2-4-20(15)26-14-16/h1-8,16,18H,9-14H2,(H,23,25)/t16-/m0/s1. The van der Waals surface area contributed by atoms with Gasteiger partial charge in [0, 0.05) is 24.8 Å². The molecule has 0 unspecified atom stereocenters. The first-order valence-corrected chi connectivity index (χ1v) is 9.20. The number of fused-ring (bicyclic) bond motifs is 1. The topological polar surface area (TPSA) is 41.6 Å². The first-order chi connectivity index (χ1) is 12.7. The number of piperidine rings is 1. The van der Waals surface area contributed by atoms with Crippen LogP contribution in [0.4, 0.5) is 10.1 Å². The summed E-state index contributed by atoms with van der Waals surface area (Å²) in [5, 5.41) is 3.19. The van der Waals surface area contributed by atoms with Crippen LogP contribution in [0.1, 0.15) is 18.4 Å². The Morgan fingerprint density at radius 2 is 1.81 bits per heavy atom. The van der Waals surface area contributed by atoms with E-state index in [1.165, 1.54) is 12.1 Å². The zero-order chi connectivity index (χ0) is 17.9. The van der Waals surface area contributed by atoms with Crippen molar-refractivity contribution >= 4 is 11.6 Å². The second kappa shape index (κ2) is 7.36. The van der Waals surface area contributed by atoms with E-state index in [4.69, 9.17) is 4.74 Å². The lowest BCUT2D eigenvalue weighted by molar-refractivity contribution is -0.127. The van der Waals surface area contributed by atoms with Crippen molar-refractivity contribution in [2.45, 2.75) is 25.3 Å². The van der Waals surface area contributed by atoms with Gasteiger partial charge >= 0.3 is 0 Å². The van der Waals surface area contributed by atoms with Crippen LogP contribution in [0.5, 0.6) is 5.75 Å². The molecule has 1 N–H and O–H groups in total. The van der Waals surface area contributed by atoms with Gasteiger partial charge in [-0.2, -0.15) is 0 Å². The largest absolute Gasteiger partial charge is 0.492 e. The highest BCUT2D eigenvalue weighted by molar-refractivity contribution is 5.80. The van der Waals surface area contributed by atoms with Gasteiger partial charge in [0.1, 0.15) is 18.2 Å². The van der Waals surface area contributed by atoms with Gasteiger partial charge in [0.15, 0.2) is 0 Å². The summed E-state index contributed by atoms with van der Waals surface area (Å²) in [6.45, 7) is 2.17. The summed E-state index contributed by atoms with van der Waals surface area (Å²) in [6, 6.07) is 14.7. The first-order valence-electron chi connectivity index (χ1n) is 9.20. The third-order valence-corrected chi connectivity index (χ3v) is 5.28. The molecule has 1 fully saturated rings. The number of hydrogen-bond donors (Lipinski definition) is 1. The molecule has 5 heteroatoms. The number of ether oxygens (including phenoxy) is 1. The van der Waals surface area contributed by atoms with Crippen molar-refractivity contribution < 1.29 is 13.9 Å². The van der Waals surface area contributed by atoms with Crippen molar-refractivity contribution in [2.75, 3.05) is 24.6 Å². The second-order valence-corrected chi connectivity index (χ2v) is 7.07. The monoisotopic (exact) mass is 354 g/mol. The van der Waals surface area contributed by atoms with Gasteiger partial charge in [-0.15, -0.1) is 0 Å². The molecule has 0 aromatic heterocycles. The molecule has 1 saturated heterocycles. The molecule has 1 amide bonds. The lowest BCUT2D eigenvalue weighted by Crippen LogP contribution is -2.48. The highest BCUT2D eigenvalue weighted by Crippen LogP contribution is 2.27. The third kappa shape index (κ3) is 3.66. The van der Waals surface area contributed by atoms with E-state index in [0.29, 0.717) is 6.61 Å². The molecule has 136 valence electrons. The molecule has 2 aliphatic rings. The van der Waals surface area contributed by atoms with Gasteiger partial charge < -0.3 is 15.0 Å². The van der Waals surface area contributed by atoms with Crippen LogP contribution in [-0.2, 0) is 11.2 Å². The smallest absolute Gasteiger partial charge is 0.227 e. The number of nitrogens with zero attached hydrogens (tertiary/aromatic N) is 1. The molecule has 0 spiro atoms. The maximum Gasteiger partial charge on any atom is 0.227 e. The van der Waals surface area contributed by atoms with Crippen LogP contribution in [0.25, 0.3) is 0 Å². The lowest BCUT2D eigenvalue weighted by Gasteiger charge is -2.35. The van der Waals surface area contributed by atoms with Gasteiger partial charge in [0.2, 0.25) is 5.91 Å². The van der Waals surface area contributed by atoms with E-state index in [0.717, 1.165) is 49.4 Å². The Morgan fingerprint density at radius 3 is 2.58 bits per heavy atom. The fourth-order valence-corrected chi connectivity index (χ4v) is 3.75. The summed E-state index contributed by atoms with van der Waals surface area (Å²) in [6.07, 6.45) is 2.52. The van der Waals surface area contributed by atoms with Gasteiger partial charge in [-0.1, -0.05) is 18.2 Å². The fraction of sp³-hybridized carbons (Fsp3) is 0.381. The number of rotatable bonds is 3. The highest BCUT2D eigenvalue weighted by atomic mass is 19.1. The van der Waals surface area contributed by atoms with E-state index in [1.807, 2.05) is 36.4 Å². The molecule has 2 aromatic rings. The van der Waals surface area contributed by atoms with Crippen molar-refractivity contribution in [3.63, 3.8) is 0 Å². The third-order valence-electron chi connectivity index (χ3n) is 5.28. The van der Waals surface area contributed by atoms with E-state index in [1.54, 1.807) is 0 Å². The Balaban J connectivity index is 1.29. The molecule has 2 heterocycles. The number of halogens is 1. The van der Waals surface area contributed by atoms with Crippen LogP contribution in [-0.4, -0.2) is 31.6 Å². The van der Waals surface area contributed by atoms with E-state index >= 15 is 0 Å². The van der Waals surface area contributed by atoms with Gasteiger partial charge in [0.25, 0.3) is 0 Å². The molecule has 2 aromatic carbocycles. The molecule has 0 saturated carbocycles. The zero-order valence-electron chi connectivity index (χ0n) is 14.7. The Hall–Kier alpha value is -2.56. The predicted molar refractivity (Wildman–Crippen MR) is 98.9 cm³/mol. The quantitative estimate of drug-likeness (QED) is 0.921. The molecule has 0 radical (unpaired) electrons. The first kappa shape index (κ1) is 16.9. The molecule has 26 heavy (non-hydrogen) atoms. The van der Waals surface area contributed by atoms with Crippen molar-refractivity contribution in [2.24, 2.45) is 5.92 Å². The van der Waals surface area contributed by atoms with Gasteiger partial charge in [-0.3, -0.25) is 4.79 Å². The van der Waals surface area contributed by atoms with Crippen molar-refractivity contribution in [1.82, 2.24) is 5.32 Å². The number of para-hydroxylation sites is 1. The van der Waals surface area contributed by atoms with E-state index in [2.05, 4.69) is 10.2 Å². The molecule has 2 aliphatic heterocycles. The van der Waals surface area contributed by atoms with Gasteiger partial charge in [-0.05, 0) is 55.2 Å². The minimum absolute atomic E-state index is 0.0831. The summed E-state index contributed by atoms with van der Waals surface area (Å²) in [5.74, 6) is 0.635. The van der Waals surface area contributed by atoms with Crippen molar-refractivity contribution in [3.05, 3.63) is 59.9 Å². The molecule has 4 nitrogen and oxygen atoms in total. The SMILES string of the molecule is O=C(NC1CCN(c2ccc(F)cc2)CC1)[C@@H]1COc2ccccc2C1. The fourth-order valence-electron chi connectivity index (χ4n) is 3.75. The number of amides is 1. The summed E-state index contributed by atoms with van der Waals surface area (Å²) in [5.41, 5.74) is 2.14. The highest BCUT2D eigenvalue weighted by Gasteiger charge is 2.28. The van der Waals surface area contributed by atoms with Crippen LogP contribution in [0.2, 0.25) is 0 Å². The summed E-state index contributed by atoms with van der Waals surface area (Å²) >= 11 is 0. The van der Waals surface area contributed by atoms with Gasteiger partial charge in [-0.25, -0.2) is 4.39 Å². The van der Waals surface area contributed by atoms with E-state index in [9.17, 15) is 9.18 Å². The van der Waals surface area contributed by atoms with Crippen molar-refractivity contribution in [3.8, 4) is 5.75 Å². The zero-order valence-corrected chi connectivity index (χ0v) is 14.7. The Morgan fingerprint density at radius 1 is 1.08 bits per heavy atom. The molecule has 0 bridgehead atoms. The molecular formula is C21H23FN2O2. The van der Waals surface area contributed by atoms with Crippen LogP contribution in [0.3, 0.4) is 0 Å². The van der Waals surface area contributed by atoms with Crippen LogP contribution in [0.15, 0.2) is 48.5 Å². The van der Waals surface area contributed by atoms with Gasteiger partial charge in [0.05, 0.1) is 5.92 Å². The average molecular weight is 354 g/mol. The second-order valence-electron chi connectivity index (χ2n) is 7.07. The van der Waals surface area contributed by atoms with Crippen molar-refractivity contribution in [1.29, 1.82) is 0 Å². The van der Waals surface area contributed by atoms with E-state index in [-0.39, 0.29) is 23.7 Å². The number of nitrogens with one attached hydrogen (secondary N) is 1. The Labute approximate surface area is 153 Å². The average Bonchev–Trinajstić information content (AvgIpc) is 2.69. The number of carbonyl (C=O) groups is 1. The molecule has 4 rings (SSSR count).